The molecule has 0 aliphatic rings. The van der Waals surface area contributed by atoms with Crippen molar-refractivity contribution in [2.45, 2.75) is 19.4 Å². The number of hydrogen-bond donors (Lipinski definition) is 1. The van der Waals surface area contributed by atoms with Gasteiger partial charge in [-0.15, -0.1) is 0 Å². The lowest BCUT2D eigenvalue weighted by molar-refractivity contribution is -0.121. The number of primary amides is 1. The fraction of sp³-hybridized carbons (Fsp3) is 0.174. The van der Waals surface area contributed by atoms with E-state index in [9.17, 15) is 14.4 Å². The van der Waals surface area contributed by atoms with Gasteiger partial charge in [-0.3, -0.25) is 19.0 Å². The third-order valence-electron chi connectivity index (χ3n) is 4.85. The number of halogens is 1. The number of nitrogens with two attached hydrogens (primary N) is 1. The summed E-state index contributed by atoms with van der Waals surface area (Å²) in [4.78, 5) is 37.2. The van der Waals surface area contributed by atoms with E-state index >= 15 is 0 Å². The molecule has 2 N–H and O–H groups in total. The molecule has 1 unspecified atom stereocenters. The Labute approximate surface area is 178 Å². The van der Waals surface area contributed by atoms with Crippen molar-refractivity contribution in [3.63, 3.8) is 0 Å². The molecule has 2 aromatic carbocycles. The maximum absolute atomic E-state index is 13.0. The van der Waals surface area contributed by atoms with Crippen LogP contribution in [0.25, 0.3) is 11.1 Å². The zero-order chi connectivity index (χ0) is 21.8. The predicted molar refractivity (Wildman–Crippen MR) is 116 cm³/mol. The largest absolute Gasteiger partial charge is 0.495 e. The number of methoxy groups -OCH3 is 1. The molecule has 154 valence electrons. The molecule has 0 saturated carbocycles. The standard InChI is InChI=1S/C23H21ClN2O4/c1-14(27)17-9-8-16(24)11-18(17)19-12-22(28)26(13-21(19)30-2)20(23(25)29)10-15-6-4-3-5-7-15/h3-9,11-13,20H,10H2,1-2H3,(H2,25,29). The molecular formula is C23H21ClN2O4. The van der Waals surface area contributed by atoms with Gasteiger partial charge in [0.15, 0.2) is 5.78 Å². The lowest BCUT2D eigenvalue weighted by Gasteiger charge is -2.20. The van der Waals surface area contributed by atoms with Crippen molar-refractivity contribution < 1.29 is 14.3 Å². The van der Waals surface area contributed by atoms with Gasteiger partial charge in [0, 0.05) is 28.6 Å². The van der Waals surface area contributed by atoms with Crippen LogP contribution in [0.4, 0.5) is 0 Å². The van der Waals surface area contributed by atoms with Crippen molar-refractivity contribution in [3.05, 3.63) is 87.3 Å². The minimum absolute atomic E-state index is 0.174. The van der Waals surface area contributed by atoms with Gasteiger partial charge in [0.1, 0.15) is 11.8 Å². The molecule has 0 saturated heterocycles. The van der Waals surface area contributed by atoms with E-state index < -0.39 is 17.5 Å². The van der Waals surface area contributed by atoms with Crippen LogP contribution in [0.2, 0.25) is 5.02 Å². The third kappa shape index (κ3) is 4.44. The smallest absolute Gasteiger partial charge is 0.252 e. The molecule has 0 aliphatic carbocycles. The Bertz CT molecular complexity index is 1160. The van der Waals surface area contributed by atoms with E-state index in [1.165, 1.54) is 30.9 Å². The lowest BCUT2D eigenvalue weighted by Crippen LogP contribution is -2.35. The normalized spacial score (nSPS) is 11.7. The van der Waals surface area contributed by atoms with Crippen LogP contribution in [-0.2, 0) is 11.2 Å². The van der Waals surface area contributed by atoms with E-state index in [1.807, 2.05) is 30.3 Å². The molecule has 3 rings (SSSR count). The molecule has 7 heteroatoms. The summed E-state index contributed by atoms with van der Waals surface area (Å²) in [6.07, 6.45) is 1.70. The van der Waals surface area contributed by atoms with Crippen molar-refractivity contribution in [2.24, 2.45) is 5.73 Å². The summed E-state index contributed by atoms with van der Waals surface area (Å²) in [5.41, 5.74) is 7.33. The lowest BCUT2D eigenvalue weighted by atomic mass is 9.97. The highest BCUT2D eigenvalue weighted by Crippen LogP contribution is 2.34. The van der Waals surface area contributed by atoms with Crippen LogP contribution in [-0.4, -0.2) is 23.4 Å². The molecule has 30 heavy (non-hydrogen) atoms. The molecule has 0 aliphatic heterocycles. The minimum Gasteiger partial charge on any atom is -0.495 e. The first-order chi connectivity index (χ1) is 14.3. The highest BCUT2D eigenvalue weighted by Gasteiger charge is 2.23. The number of amides is 1. The van der Waals surface area contributed by atoms with Gasteiger partial charge in [-0.2, -0.15) is 0 Å². The van der Waals surface area contributed by atoms with Crippen molar-refractivity contribution >= 4 is 23.3 Å². The minimum atomic E-state index is -0.894. The first kappa shape index (κ1) is 21.3. The number of Topliss-reactive ketones (excluding diaryl/α,β-unsaturated/α-hetero) is 1. The van der Waals surface area contributed by atoms with Gasteiger partial charge < -0.3 is 10.5 Å². The number of aromatic nitrogens is 1. The maximum Gasteiger partial charge on any atom is 0.252 e. The fourth-order valence-corrected chi connectivity index (χ4v) is 3.54. The van der Waals surface area contributed by atoms with Gasteiger partial charge >= 0.3 is 0 Å². The predicted octanol–water partition coefficient (Wildman–Crippen LogP) is 3.65. The van der Waals surface area contributed by atoms with E-state index in [0.717, 1.165) is 5.56 Å². The summed E-state index contributed by atoms with van der Waals surface area (Å²) in [5, 5.41) is 0.417. The molecule has 1 heterocycles. The van der Waals surface area contributed by atoms with Crippen LogP contribution in [0.15, 0.2) is 65.6 Å². The van der Waals surface area contributed by atoms with E-state index in [4.69, 9.17) is 22.1 Å². The second kappa shape index (κ2) is 8.97. The molecule has 1 aromatic heterocycles. The van der Waals surface area contributed by atoms with Crippen LogP contribution < -0.4 is 16.0 Å². The van der Waals surface area contributed by atoms with E-state index in [1.54, 1.807) is 18.2 Å². The van der Waals surface area contributed by atoms with E-state index in [0.29, 0.717) is 27.5 Å². The topological polar surface area (TPSA) is 91.4 Å². The van der Waals surface area contributed by atoms with Crippen LogP contribution >= 0.6 is 11.6 Å². The Morgan fingerprint density at radius 3 is 2.40 bits per heavy atom. The van der Waals surface area contributed by atoms with E-state index in [-0.39, 0.29) is 12.2 Å². The second-order valence-electron chi connectivity index (χ2n) is 6.85. The second-order valence-corrected chi connectivity index (χ2v) is 7.29. The Balaban J connectivity index is 2.15. The number of ketones is 1. The number of ether oxygens (including phenoxy) is 1. The summed E-state index contributed by atoms with van der Waals surface area (Å²) >= 11 is 6.12. The van der Waals surface area contributed by atoms with Crippen LogP contribution in [0.3, 0.4) is 0 Å². The molecule has 0 spiro atoms. The molecule has 0 fully saturated rings. The molecule has 0 bridgehead atoms. The molecule has 6 nitrogen and oxygen atoms in total. The number of rotatable bonds is 7. The number of hydrogen-bond acceptors (Lipinski definition) is 4. The first-order valence-electron chi connectivity index (χ1n) is 9.26. The average molecular weight is 425 g/mol. The molecule has 3 aromatic rings. The molecule has 1 atom stereocenters. The van der Waals surface area contributed by atoms with Crippen molar-refractivity contribution in [1.29, 1.82) is 0 Å². The Morgan fingerprint density at radius 2 is 1.80 bits per heavy atom. The quantitative estimate of drug-likeness (QED) is 0.586. The highest BCUT2D eigenvalue weighted by atomic mass is 35.5. The number of pyridine rings is 1. The number of nitrogens with zero attached hydrogens (tertiary/aromatic N) is 1. The zero-order valence-electron chi connectivity index (χ0n) is 16.6. The van der Waals surface area contributed by atoms with E-state index in [2.05, 4.69) is 0 Å². The SMILES string of the molecule is COc1cn(C(Cc2ccccc2)C(N)=O)c(=O)cc1-c1cc(Cl)ccc1C(C)=O. The summed E-state index contributed by atoms with van der Waals surface area (Å²) in [6, 6.07) is 14.5. The molecular weight excluding hydrogens is 404 g/mol. The van der Waals surface area contributed by atoms with Gasteiger partial charge in [-0.1, -0.05) is 41.9 Å². The van der Waals surface area contributed by atoms with Gasteiger partial charge in [-0.05, 0) is 36.2 Å². The Hall–Kier alpha value is -3.38. The monoisotopic (exact) mass is 424 g/mol. The number of benzene rings is 2. The van der Waals surface area contributed by atoms with Crippen molar-refractivity contribution in [1.82, 2.24) is 4.57 Å². The fourth-order valence-electron chi connectivity index (χ4n) is 3.37. The van der Waals surface area contributed by atoms with Crippen molar-refractivity contribution in [3.8, 4) is 16.9 Å². The van der Waals surface area contributed by atoms with Gasteiger partial charge in [0.05, 0.1) is 13.3 Å². The summed E-state index contributed by atoms with van der Waals surface area (Å²) in [7, 11) is 1.45. The average Bonchev–Trinajstić information content (AvgIpc) is 2.72. The molecule has 0 radical (unpaired) electrons. The third-order valence-corrected chi connectivity index (χ3v) is 5.09. The highest BCUT2D eigenvalue weighted by molar-refractivity contribution is 6.31. The summed E-state index contributed by atoms with van der Waals surface area (Å²) in [6.45, 7) is 1.43. The molecule has 1 amide bonds. The zero-order valence-corrected chi connectivity index (χ0v) is 17.3. The van der Waals surface area contributed by atoms with Crippen LogP contribution in [0, 0.1) is 0 Å². The van der Waals surface area contributed by atoms with Gasteiger partial charge in [0.25, 0.3) is 5.56 Å². The Morgan fingerprint density at radius 1 is 1.10 bits per heavy atom. The maximum atomic E-state index is 13.0. The van der Waals surface area contributed by atoms with Gasteiger partial charge in [-0.25, -0.2) is 0 Å². The summed E-state index contributed by atoms with van der Waals surface area (Å²) < 4.78 is 6.74. The van der Waals surface area contributed by atoms with Gasteiger partial charge in [0.2, 0.25) is 5.91 Å². The summed E-state index contributed by atoms with van der Waals surface area (Å²) in [5.74, 6) is -0.492. The Kier molecular flexibility index (Phi) is 6.37. The first-order valence-corrected chi connectivity index (χ1v) is 9.64. The van der Waals surface area contributed by atoms with Crippen LogP contribution in [0.1, 0.15) is 28.9 Å². The van der Waals surface area contributed by atoms with Crippen molar-refractivity contribution in [2.75, 3.05) is 7.11 Å². The van der Waals surface area contributed by atoms with Crippen LogP contribution in [0.5, 0.6) is 5.75 Å². The number of carbonyl (C=O) groups is 2. The number of carbonyl (C=O) groups excluding carboxylic acids is 2.